The predicted molar refractivity (Wildman–Crippen MR) is 86.6 cm³/mol. The Hall–Kier alpha value is -2.88. The lowest BCUT2D eigenvalue weighted by Gasteiger charge is -2.08. The van der Waals surface area contributed by atoms with Gasteiger partial charge in [-0.15, -0.1) is 0 Å². The van der Waals surface area contributed by atoms with E-state index in [1.807, 2.05) is 30.3 Å². The summed E-state index contributed by atoms with van der Waals surface area (Å²) in [5, 5.41) is 0.845. The van der Waals surface area contributed by atoms with Crippen molar-refractivity contribution in [3.05, 3.63) is 64.4 Å². The number of carbonyl (C=O) groups excluding carboxylic acids is 1. The number of fused-ring (bicyclic) bond motifs is 1. The van der Waals surface area contributed by atoms with Gasteiger partial charge in [0.05, 0.1) is 7.11 Å². The topological polar surface area (TPSA) is 59.2 Å². The van der Waals surface area contributed by atoms with E-state index in [2.05, 4.69) is 4.98 Å². The van der Waals surface area contributed by atoms with E-state index in [0.29, 0.717) is 11.1 Å². The zero-order valence-corrected chi connectivity index (χ0v) is 12.3. The van der Waals surface area contributed by atoms with Gasteiger partial charge in [-0.25, -0.2) is 0 Å². The van der Waals surface area contributed by atoms with Gasteiger partial charge in [0.2, 0.25) is 5.56 Å². The van der Waals surface area contributed by atoms with Crippen LogP contribution < -0.4 is 10.3 Å². The standard InChI is InChI=1S/C18H15NO3/c1-11(20)13-5-8-17-16(9-13)15(10-18(21)19-17)12-3-6-14(22-2)7-4-12/h3-10H,1-2H3,(H,19,21). The Kier molecular flexibility index (Phi) is 3.51. The lowest BCUT2D eigenvalue weighted by atomic mass is 9.99. The van der Waals surface area contributed by atoms with Crippen molar-refractivity contribution >= 4 is 16.7 Å². The van der Waals surface area contributed by atoms with Crippen molar-refractivity contribution < 1.29 is 9.53 Å². The Morgan fingerprint density at radius 3 is 2.41 bits per heavy atom. The number of benzene rings is 2. The maximum Gasteiger partial charge on any atom is 0.249 e. The molecule has 0 bridgehead atoms. The van der Waals surface area contributed by atoms with Crippen molar-refractivity contribution in [2.24, 2.45) is 0 Å². The molecule has 0 aliphatic carbocycles. The molecule has 0 saturated heterocycles. The van der Waals surface area contributed by atoms with E-state index < -0.39 is 0 Å². The molecule has 0 radical (unpaired) electrons. The minimum Gasteiger partial charge on any atom is -0.497 e. The molecule has 0 aliphatic rings. The Bertz CT molecular complexity index is 908. The average molecular weight is 293 g/mol. The van der Waals surface area contributed by atoms with Gasteiger partial charge in [0.25, 0.3) is 0 Å². The van der Waals surface area contributed by atoms with Crippen molar-refractivity contribution in [2.75, 3.05) is 7.11 Å². The molecule has 0 amide bonds. The quantitative estimate of drug-likeness (QED) is 0.753. The molecule has 0 atom stereocenters. The van der Waals surface area contributed by atoms with Crippen LogP contribution >= 0.6 is 0 Å². The summed E-state index contributed by atoms with van der Waals surface area (Å²) in [6, 6.07) is 14.3. The molecule has 4 nitrogen and oxygen atoms in total. The highest BCUT2D eigenvalue weighted by atomic mass is 16.5. The van der Waals surface area contributed by atoms with Crippen LogP contribution in [0.15, 0.2) is 53.3 Å². The molecule has 3 aromatic rings. The lowest BCUT2D eigenvalue weighted by molar-refractivity contribution is 0.101. The van der Waals surface area contributed by atoms with Crippen LogP contribution in [0.2, 0.25) is 0 Å². The molecule has 110 valence electrons. The second-order valence-electron chi connectivity index (χ2n) is 5.09. The number of pyridine rings is 1. The fourth-order valence-corrected chi connectivity index (χ4v) is 2.48. The number of rotatable bonds is 3. The highest BCUT2D eigenvalue weighted by Crippen LogP contribution is 2.28. The number of hydrogen-bond acceptors (Lipinski definition) is 3. The van der Waals surface area contributed by atoms with Crippen LogP contribution in [0.1, 0.15) is 17.3 Å². The van der Waals surface area contributed by atoms with Gasteiger partial charge in [0.15, 0.2) is 5.78 Å². The number of aromatic amines is 1. The summed E-state index contributed by atoms with van der Waals surface area (Å²) < 4.78 is 5.15. The van der Waals surface area contributed by atoms with Crippen LogP contribution in [0.5, 0.6) is 5.75 Å². The average Bonchev–Trinajstić information content (AvgIpc) is 2.53. The van der Waals surface area contributed by atoms with Gasteiger partial charge in [-0.3, -0.25) is 9.59 Å². The Morgan fingerprint density at radius 1 is 1.05 bits per heavy atom. The molecule has 1 aromatic heterocycles. The molecular formula is C18H15NO3. The van der Waals surface area contributed by atoms with Crippen molar-refractivity contribution in [3.8, 4) is 16.9 Å². The fourth-order valence-electron chi connectivity index (χ4n) is 2.48. The van der Waals surface area contributed by atoms with Gasteiger partial charge in [0.1, 0.15) is 5.75 Å². The maximum absolute atomic E-state index is 11.9. The zero-order chi connectivity index (χ0) is 15.7. The molecule has 1 N–H and O–H groups in total. The first-order valence-electron chi connectivity index (χ1n) is 6.91. The van der Waals surface area contributed by atoms with Crippen LogP contribution in [0.4, 0.5) is 0 Å². The first kappa shape index (κ1) is 14.1. The molecule has 0 spiro atoms. The molecule has 0 aliphatic heterocycles. The van der Waals surface area contributed by atoms with E-state index in [-0.39, 0.29) is 11.3 Å². The molecular weight excluding hydrogens is 278 g/mol. The van der Waals surface area contributed by atoms with Crippen LogP contribution in [0.25, 0.3) is 22.0 Å². The van der Waals surface area contributed by atoms with Gasteiger partial charge in [-0.2, -0.15) is 0 Å². The largest absolute Gasteiger partial charge is 0.497 e. The van der Waals surface area contributed by atoms with Gasteiger partial charge in [0, 0.05) is 22.5 Å². The summed E-state index contributed by atoms with van der Waals surface area (Å²) >= 11 is 0. The van der Waals surface area contributed by atoms with Crippen molar-refractivity contribution in [1.29, 1.82) is 0 Å². The molecule has 2 aromatic carbocycles. The highest BCUT2D eigenvalue weighted by Gasteiger charge is 2.09. The van der Waals surface area contributed by atoms with Crippen molar-refractivity contribution in [1.82, 2.24) is 4.98 Å². The summed E-state index contributed by atoms with van der Waals surface area (Å²) in [6.45, 7) is 1.53. The highest BCUT2D eigenvalue weighted by molar-refractivity contribution is 6.01. The number of aromatic nitrogens is 1. The molecule has 1 heterocycles. The fraction of sp³-hybridized carbons (Fsp3) is 0.111. The molecule has 3 rings (SSSR count). The number of nitrogens with one attached hydrogen (secondary N) is 1. The number of Topliss-reactive ketones (excluding diaryl/α,β-unsaturated/α-hetero) is 1. The molecule has 0 unspecified atom stereocenters. The third-order valence-corrected chi connectivity index (χ3v) is 3.65. The normalized spacial score (nSPS) is 10.6. The van der Waals surface area contributed by atoms with E-state index in [1.54, 1.807) is 25.3 Å². The van der Waals surface area contributed by atoms with E-state index in [9.17, 15) is 9.59 Å². The van der Waals surface area contributed by atoms with E-state index in [4.69, 9.17) is 4.74 Å². The summed E-state index contributed by atoms with van der Waals surface area (Å²) in [7, 11) is 1.61. The molecule has 0 fully saturated rings. The van der Waals surface area contributed by atoms with Gasteiger partial charge in [-0.1, -0.05) is 12.1 Å². The molecule has 4 heteroatoms. The number of ketones is 1. The van der Waals surface area contributed by atoms with Crippen molar-refractivity contribution in [2.45, 2.75) is 6.92 Å². The first-order valence-corrected chi connectivity index (χ1v) is 6.91. The zero-order valence-electron chi connectivity index (χ0n) is 12.3. The van der Waals surface area contributed by atoms with Crippen LogP contribution in [0.3, 0.4) is 0 Å². The SMILES string of the molecule is COc1ccc(-c2cc(=O)[nH]c3ccc(C(C)=O)cc23)cc1. The third-order valence-electron chi connectivity index (χ3n) is 3.65. The lowest BCUT2D eigenvalue weighted by Crippen LogP contribution is -2.05. The second-order valence-corrected chi connectivity index (χ2v) is 5.09. The number of H-pyrrole nitrogens is 1. The number of hydrogen-bond donors (Lipinski definition) is 1. The summed E-state index contributed by atoms with van der Waals surface area (Å²) in [5.41, 5.74) is 2.86. The van der Waals surface area contributed by atoms with Gasteiger partial charge in [-0.05, 0) is 48.4 Å². The third kappa shape index (κ3) is 2.51. The molecule has 22 heavy (non-hydrogen) atoms. The smallest absolute Gasteiger partial charge is 0.249 e. The van der Waals surface area contributed by atoms with E-state index >= 15 is 0 Å². The van der Waals surface area contributed by atoms with Crippen LogP contribution in [-0.4, -0.2) is 17.9 Å². The second kappa shape index (κ2) is 5.48. The summed E-state index contributed by atoms with van der Waals surface area (Å²) in [5.74, 6) is 0.746. The summed E-state index contributed by atoms with van der Waals surface area (Å²) in [6.07, 6.45) is 0. The van der Waals surface area contributed by atoms with Crippen LogP contribution in [-0.2, 0) is 0 Å². The monoisotopic (exact) mass is 293 g/mol. The Morgan fingerprint density at radius 2 is 1.77 bits per heavy atom. The Balaban J connectivity index is 2.27. The van der Waals surface area contributed by atoms with Gasteiger partial charge >= 0.3 is 0 Å². The number of carbonyl (C=O) groups is 1. The maximum atomic E-state index is 11.9. The number of ether oxygens (including phenoxy) is 1. The van der Waals surface area contributed by atoms with Crippen molar-refractivity contribution in [3.63, 3.8) is 0 Å². The molecule has 0 saturated carbocycles. The minimum absolute atomic E-state index is 0.00576. The minimum atomic E-state index is -0.172. The van der Waals surface area contributed by atoms with Gasteiger partial charge < -0.3 is 9.72 Å². The number of methoxy groups -OCH3 is 1. The predicted octanol–water partition coefficient (Wildman–Crippen LogP) is 3.41. The van der Waals surface area contributed by atoms with E-state index in [1.165, 1.54) is 6.92 Å². The van der Waals surface area contributed by atoms with Crippen LogP contribution in [0, 0.1) is 0 Å². The van der Waals surface area contributed by atoms with E-state index in [0.717, 1.165) is 22.3 Å². The first-order chi connectivity index (χ1) is 10.6. The Labute approximate surface area is 127 Å². The summed E-state index contributed by atoms with van der Waals surface area (Å²) in [4.78, 5) is 26.3.